The van der Waals surface area contributed by atoms with Crippen LogP contribution in [-0.2, 0) is 15.9 Å². The minimum atomic E-state index is -0.340. The molecule has 0 aliphatic carbocycles. The quantitative estimate of drug-likeness (QED) is 0.393. The van der Waals surface area contributed by atoms with Crippen LogP contribution in [0.3, 0.4) is 0 Å². The number of thiazole rings is 1. The molecule has 0 radical (unpaired) electrons. The number of hydrogen-bond donors (Lipinski definition) is 0. The van der Waals surface area contributed by atoms with Crippen LogP contribution in [0.2, 0.25) is 0 Å². The number of rotatable bonds is 4. The zero-order valence-electron chi connectivity index (χ0n) is 18.6. The molecule has 2 heterocycles. The fourth-order valence-electron chi connectivity index (χ4n) is 3.81. The molecule has 0 saturated carbocycles. The van der Waals surface area contributed by atoms with Crippen LogP contribution in [-0.4, -0.2) is 23.3 Å². The number of fused-ring (bicyclic) bond motifs is 3. The number of hydrogen-bond acceptors (Lipinski definition) is 5. The van der Waals surface area contributed by atoms with E-state index >= 15 is 0 Å². The zero-order chi connectivity index (χ0) is 21.8. The molecule has 0 bridgehead atoms. The molecule has 3 aromatic carbocycles. The summed E-state index contributed by atoms with van der Waals surface area (Å²) in [6.45, 7) is 10.8. The molecule has 1 saturated heterocycles. The molecule has 0 atom stereocenters. The van der Waals surface area contributed by atoms with Gasteiger partial charge in [0.05, 0.1) is 26.4 Å². The molecule has 31 heavy (non-hydrogen) atoms. The van der Waals surface area contributed by atoms with Crippen molar-refractivity contribution in [2.45, 2.75) is 52.4 Å². The summed E-state index contributed by atoms with van der Waals surface area (Å²) in [5.74, 6) is 0.864. The molecular weight excluding hydrogens is 405 g/mol. The Kier molecular flexibility index (Phi) is 4.85. The Bertz CT molecular complexity index is 1250. The van der Waals surface area contributed by atoms with Crippen LogP contribution in [0.4, 0.5) is 0 Å². The van der Waals surface area contributed by atoms with Gasteiger partial charge >= 0.3 is 7.12 Å². The molecule has 4 aromatic rings. The normalized spacial score (nSPS) is 17.5. The molecule has 158 valence electrons. The summed E-state index contributed by atoms with van der Waals surface area (Å²) in [5.41, 5.74) is 2.52. The van der Waals surface area contributed by atoms with Crippen molar-refractivity contribution in [3.63, 3.8) is 0 Å². The van der Waals surface area contributed by atoms with E-state index in [1.54, 1.807) is 11.3 Å². The number of aryl methyl sites for hydroxylation is 1. The van der Waals surface area contributed by atoms with E-state index in [-0.39, 0.29) is 18.3 Å². The van der Waals surface area contributed by atoms with Crippen LogP contribution in [0.5, 0.6) is 5.75 Å². The Hall–Kier alpha value is -2.41. The molecule has 1 aliphatic rings. The van der Waals surface area contributed by atoms with Gasteiger partial charge in [0, 0.05) is 5.39 Å². The predicted molar refractivity (Wildman–Crippen MR) is 128 cm³/mol. The first-order valence-corrected chi connectivity index (χ1v) is 11.4. The fraction of sp³-hybridized carbons (Fsp3) is 0.320. The molecule has 1 aliphatic heterocycles. The first-order chi connectivity index (χ1) is 14.7. The molecule has 5 rings (SSSR count). The van der Waals surface area contributed by atoms with Crippen molar-refractivity contribution in [1.82, 2.24) is 4.98 Å². The van der Waals surface area contributed by atoms with Crippen molar-refractivity contribution in [3.05, 3.63) is 65.2 Å². The number of benzene rings is 3. The third kappa shape index (κ3) is 3.73. The van der Waals surface area contributed by atoms with Crippen LogP contribution >= 0.6 is 11.3 Å². The molecular formula is C25H26BNO3S. The minimum absolute atomic E-state index is 0.334. The third-order valence-corrected chi connectivity index (χ3v) is 7.38. The summed E-state index contributed by atoms with van der Waals surface area (Å²) in [4.78, 5) is 4.58. The van der Waals surface area contributed by atoms with Crippen molar-refractivity contribution in [2.24, 2.45) is 0 Å². The van der Waals surface area contributed by atoms with E-state index in [1.165, 1.54) is 15.5 Å². The fourth-order valence-corrected chi connectivity index (χ4v) is 4.76. The SMILES string of the molecule is Cc1nc2ccc3cc(OCc4ccc(B5OC(C)(C)C(C)(C)O5)cc4)ccc3c2s1. The van der Waals surface area contributed by atoms with Gasteiger partial charge in [-0.25, -0.2) is 4.98 Å². The average molecular weight is 431 g/mol. The summed E-state index contributed by atoms with van der Waals surface area (Å²) in [6.07, 6.45) is 0. The van der Waals surface area contributed by atoms with Gasteiger partial charge in [-0.2, -0.15) is 0 Å². The topological polar surface area (TPSA) is 40.6 Å². The molecule has 1 fully saturated rings. The second-order valence-corrected chi connectivity index (χ2v) is 10.4. The van der Waals surface area contributed by atoms with E-state index in [4.69, 9.17) is 14.0 Å². The van der Waals surface area contributed by atoms with Gasteiger partial charge < -0.3 is 14.0 Å². The molecule has 0 spiro atoms. The van der Waals surface area contributed by atoms with Crippen molar-refractivity contribution in [3.8, 4) is 5.75 Å². The van der Waals surface area contributed by atoms with E-state index in [2.05, 4.69) is 81.2 Å². The van der Waals surface area contributed by atoms with E-state index in [0.717, 1.165) is 27.3 Å². The van der Waals surface area contributed by atoms with Crippen LogP contribution in [0.1, 0.15) is 38.3 Å². The number of aromatic nitrogens is 1. The summed E-state index contributed by atoms with van der Waals surface area (Å²) >= 11 is 1.74. The van der Waals surface area contributed by atoms with E-state index in [1.807, 2.05) is 13.0 Å². The van der Waals surface area contributed by atoms with Crippen LogP contribution in [0.15, 0.2) is 54.6 Å². The van der Waals surface area contributed by atoms with Crippen LogP contribution in [0.25, 0.3) is 21.0 Å². The highest BCUT2D eigenvalue weighted by Crippen LogP contribution is 2.36. The average Bonchev–Trinajstić information content (AvgIpc) is 3.21. The lowest BCUT2D eigenvalue weighted by molar-refractivity contribution is 0.00578. The Morgan fingerprint density at radius 2 is 1.65 bits per heavy atom. The molecule has 6 heteroatoms. The van der Waals surface area contributed by atoms with Crippen molar-refractivity contribution < 1.29 is 14.0 Å². The maximum Gasteiger partial charge on any atom is 0.494 e. The Labute approximate surface area is 187 Å². The van der Waals surface area contributed by atoms with Gasteiger partial charge in [0.2, 0.25) is 0 Å². The van der Waals surface area contributed by atoms with E-state index < -0.39 is 0 Å². The number of ether oxygens (including phenoxy) is 1. The summed E-state index contributed by atoms with van der Waals surface area (Å²) in [7, 11) is -0.340. The van der Waals surface area contributed by atoms with Gasteiger partial charge in [-0.3, -0.25) is 0 Å². The Balaban J connectivity index is 1.29. The minimum Gasteiger partial charge on any atom is -0.489 e. The van der Waals surface area contributed by atoms with E-state index in [9.17, 15) is 0 Å². The maximum atomic E-state index is 6.14. The third-order valence-electron chi connectivity index (χ3n) is 6.36. The van der Waals surface area contributed by atoms with Gasteiger partial charge in [0.25, 0.3) is 0 Å². The monoisotopic (exact) mass is 431 g/mol. The standard InChI is InChI=1S/C25H26BNO3S/c1-16-27-22-13-8-18-14-20(11-12-21(18)23(22)31-16)28-15-17-6-9-19(10-7-17)26-29-24(2,3)25(4,5)30-26/h6-14H,15H2,1-5H3. The summed E-state index contributed by atoms with van der Waals surface area (Å²) in [5, 5.41) is 3.48. The van der Waals surface area contributed by atoms with Gasteiger partial charge in [-0.15, -0.1) is 11.3 Å². The zero-order valence-corrected chi connectivity index (χ0v) is 19.4. The van der Waals surface area contributed by atoms with Crippen molar-refractivity contribution in [1.29, 1.82) is 0 Å². The van der Waals surface area contributed by atoms with E-state index in [0.29, 0.717) is 6.61 Å². The molecule has 0 unspecified atom stereocenters. The van der Waals surface area contributed by atoms with Crippen molar-refractivity contribution >= 4 is 44.9 Å². The van der Waals surface area contributed by atoms with Crippen LogP contribution < -0.4 is 10.2 Å². The summed E-state index contributed by atoms with van der Waals surface area (Å²) < 4.78 is 19.6. The lowest BCUT2D eigenvalue weighted by Crippen LogP contribution is -2.41. The van der Waals surface area contributed by atoms with Crippen molar-refractivity contribution in [2.75, 3.05) is 0 Å². The predicted octanol–water partition coefficient (Wildman–Crippen LogP) is 5.64. The largest absolute Gasteiger partial charge is 0.494 e. The van der Waals surface area contributed by atoms with Gasteiger partial charge in [-0.05, 0) is 75.3 Å². The second-order valence-electron chi connectivity index (χ2n) is 9.15. The maximum absolute atomic E-state index is 6.14. The molecule has 1 aromatic heterocycles. The highest BCUT2D eigenvalue weighted by atomic mass is 32.1. The smallest absolute Gasteiger partial charge is 0.489 e. The van der Waals surface area contributed by atoms with Gasteiger partial charge in [0.15, 0.2) is 0 Å². The molecule has 0 N–H and O–H groups in total. The highest BCUT2D eigenvalue weighted by Gasteiger charge is 2.51. The Morgan fingerprint density at radius 3 is 2.35 bits per heavy atom. The molecule has 0 amide bonds. The Morgan fingerprint density at radius 1 is 0.935 bits per heavy atom. The lowest BCUT2D eigenvalue weighted by atomic mass is 9.79. The highest BCUT2D eigenvalue weighted by molar-refractivity contribution is 7.19. The molecule has 4 nitrogen and oxygen atoms in total. The summed E-state index contributed by atoms with van der Waals surface area (Å²) in [6, 6.07) is 18.7. The number of nitrogens with zero attached hydrogens (tertiary/aromatic N) is 1. The van der Waals surface area contributed by atoms with Gasteiger partial charge in [0.1, 0.15) is 12.4 Å². The lowest BCUT2D eigenvalue weighted by Gasteiger charge is -2.32. The first kappa shape index (κ1) is 20.5. The van der Waals surface area contributed by atoms with Crippen LogP contribution in [0, 0.1) is 6.92 Å². The van der Waals surface area contributed by atoms with Gasteiger partial charge in [-0.1, -0.05) is 30.3 Å². The first-order valence-electron chi connectivity index (χ1n) is 10.6. The second kappa shape index (κ2) is 7.33.